The third kappa shape index (κ3) is 3.85. The number of anilines is 2. The van der Waals surface area contributed by atoms with Gasteiger partial charge < -0.3 is 20.7 Å². The number of rotatable bonds is 6. The van der Waals surface area contributed by atoms with Crippen LogP contribution in [0.1, 0.15) is 36.4 Å². The molecule has 0 spiro atoms. The quantitative estimate of drug-likeness (QED) is 0.836. The molecule has 1 aliphatic rings. The van der Waals surface area contributed by atoms with E-state index in [0.717, 1.165) is 18.2 Å². The van der Waals surface area contributed by atoms with E-state index in [1.54, 1.807) is 7.11 Å². The van der Waals surface area contributed by atoms with Crippen molar-refractivity contribution >= 4 is 28.2 Å². The Labute approximate surface area is 129 Å². The fourth-order valence-corrected chi connectivity index (χ4v) is 3.28. The third-order valence-corrected chi connectivity index (χ3v) is 4.82. The van der Waals surface area contributed by atoms with E-state index in [0.29, 0.717) is 23.2 Å². The maximum atomic E-state index is 12.4. The molecule has 1 aromatic heterocycles. The molecule has 0 aromatic carbocycles. The summed E-state index contributed by atoms with van der Waals surface area (Å²) in [6, 6.07) is -0.0285. The zero-order valence-corrected chi connectivity index (χ0v) is 13.7. The van der Waals surface area contributed by atoms with Crippen LogP contribution in [0, 0.1) is 5.92 Å². The summed E-state index contributed by atoms with van der Waals surface area (Å²) < 4.78 is 5.15. The third-order valence-electron chi connectivity index (χ3n) is 3.69. The number of hydrogen-bond acceptors (Lipinski definition) is 6. The molecular formula is C14H24N4O2S. The highest BCUT2D eigenvalue weighted by atomic mass is 32.1. The minimum Gasteiger partial charge on any atom is -0.383 e. The molecule has 21 heavy (non-hydrogen) atoms. The van der Waals surface area contributed by atoms with Crippen molar-refractivity contribution < 1.29 is 9.53 Å². The number of thiazole rings is 1. The number of nitrogens with one attached hydrogen (secondary N) is 1. The average Bonchev–Trinajstić information content (AvgIpc) is 3.06. The topological polar surface area (TPSA) is 80.5 Å². The molecule has 1 unspecified atom stereocenters. The van der Waals surface area contributed by atoms with Crippen molar-refractivity contribution in [3.05, 3.63) is 4.88 Å². The monoisotopic (exact) mass is 312 g/mol. The first kappa shape index (κ1) is 16.0. The molecule has 1 aromatic rings. The number of methoxy groups -OCH3 is 1. The summed E-state index contributed by atoms with van der Waals surface area (Å²) in [5.41, 5.74) is 5.92. The maximum Gasteiger partial charge on any atom is 0.265 e. The number of carbonyl (C=O) groups is 1. The van der Waals surface area contributed by atoms with Crippen LogP contribution in [-0.4, -0.2) is 43.7 Å². The lowest BCUT2D eigenvalue weighted by Gasteiger charge is -2.21. The fraction of sp³-hybridized carbons (Fsp3) is 0.714. The summed E-state index contributed by atoms with van der Waals surface area (Å²) in [5, 5.41) is 3.84. The van der Waals surface area contributed by atoms with Gasteiger partial charge in [0.25, 0.3) is 5.91 Å². The van der Waals surface area contributed by atoms with Gasteiger partial charge in [-0.2, -0.15) is 0 Å². The summed E-state index contributed by atoms with van der Waals surface area (Å²) in [6.07, 6.45) is 2.34. The highest BCUT2D eigenvalue weighted by Crippen LogP contribution is 2.30. The predicted octanol–water partition coefficient (Wildman–Crippen LogP) is 1.73. The van der Waals surface area contributed by atoms with E-state index in [2.05, 4.69) is 29.0 Å². The number of aromatic nitrogens is 1. The largest absolute Gasteiger partial charge is 0.383 e. The molecule has 7 heteroatoms. The zero-order chi connectivity index (χ0) is 15.4. The van der Waals surface area contributed by atoms with Crippen LogP contribution in [0.3, 0.4) is 0 Å². The number of nitrogen functional groups attached to an aromatic ring is 1. The van der Waals surface area contributed by atoms with E-state index in [1.807, 2.05) is 0 Å². The Morgan fingerprint density at radius 1 is 1.48 bits per heavy atom. The van der Waals surface area contributed by atoms with Crippen molar-refractivity contribution in [1.82, 2.24) is 10.3 Å². The Bertz CT molecular complexity index is 483. The van der Waals surface area contributed by atoms with Crippen LogP contribution in [0.2, 0.25) is 0 Å². The Morgan fingerprint density at radius 2 is 2.14 bits per heavy atom. The van der Waals surface area contributed by atoms with Crippen LogP contribution in [0.25, 0.3) is 0 Å². The van der Waals surface area contributed by atoms with E-state index in [-0.39, 0.29) is 11.9 Å². The molecule has 3 N–H and O–H groups in total. The van der Waals surface area contributed by atoms with Crippen molar-refractivity contribution in [3.63, 3.8) is 0 Å². The van der Waals surface area contributed by atoms with Crippen molar-refractivity contribution in [1.29, 1.82) is 0 Å². The van der Waals surface area contributed by atoms with Crippen LogP contribution >= 0.6 is 11.3 Å². The van der Waals surface area contributed by atoms with Crippen LogP contribution in [-0.2, 0) is 4.74 Å². The Morgan fingerprint density at radius 3 is 2.71 bits per heavy atom. The normalized spacial score (nSPS) is 16.5. The summed E-state index contributed by atoms with van der Waals surface area (Å²) >= 11 is 1.37. The van der Waals surface area contributed by atoms with E-state index in [1.165, 1.54) is 24.2 Å². The number of carbonyl (C=O) groups excluding carboxylic acids is 1. The van der Waals surface area contributed by atoms with Crippen LogP contribution < -0.4 is 16.0 Å². The van der Waals surface area contributed by atoms with Gasteiger partial charge >= 0.3 is 0 Å². The first-order valence-corrected chi connectivity index (χ1v) is 8.15. The van der Waals surface area contributed by atoms with Gasteiger partial charge in [0.1, 0.15) is 10.7 Å². The molecule has 2 heterocycles. The number of amides is 1. The van der Waals surface area contributed by atoms with E-state index in [4.69, 9.17) is 10.5 Å². The molecule has 1 amide bonds. The van der Waals surface area contributed by atoms with Gasteiger partial charge in [0.15, 0.2) is 5.13 Å². The lowest BCUT2D eigenvalue weighted by Crippen LogP contribution is -2.41. The first-order chi connectivity index (χ1) is 10.0. The fourth-order valence-electron chi connectivity index (χ4n) is 2.34. The molecule has 6 nitrogen and oxygen atoms in total. The smallest absolute Gasteiger partial charge is 0.265 e. The lowest BCUT2D eigenvalue weighted by atomic mass is 10.1. The second-order valence-electron chi connectivity index (χ2n) is 5.68. The van der Waals surface area contributed by atoms with Crippen molar-refractivity contribution in [3.8, 4) is 0 Å². The highest BCUT2D eigenvalue weighted by Gasteiger charge is 2.24. The van der Waals surface area contributed by atoms with Crippen molar-refractivity contribution in [2.45, 2.75) is 32.7 Å². The van der Waals surface area contributed by atoms with Gasteiger partial charge in [0.05, 0.1) is 12.6 Å². The number of nitrogens with two attached hydrogens (primary N) is 1. The molecule has 0 saturated carbocycles. The number of nitrogens with zero attached hydrogens (tertiary/aromatic N) is 2. The first-order valence-electron chi connectivity index (χ1n) is 7.34. The standard InChI is InChI=1S/C14H24N4O2S/c1-9(2)10(8-20-3)16-13(19)11-12(15)17-14(21-11)18-6-4-5-7-18/h9-10H,4-8,15H2,1-3H3,(H,16,19). The van der Waals surface area contributed by atoms with Gasteiger partial charge in [0, 0.05) is 20.2 Å². The lowest BCUT2D eigenvalue weighted by molar-refractivity contribution is 0.0871. The minimum absolute atomic E-state index is 0.0285. The van der Waals surface area contributed by atoms with Gasteiger partial charge in [-0.3, -0.25) is 4.79 Å². The second-order valence-corrected chi connectivity index (χ2v) is 6.66. The molecule has 0 radical (unpaired) electrons. The summed E-state index contributed by atoms with van der Waals surface area (Å²) in [5.74, 6) is 0.451. The molecule has 0 aliphatic carbocycles. The van der Waals surface area contributed by atoms with E-state index < -0.39 is 0 Å². The minimum atomic E-state index is -0.161. The van der Waals surface area contributed by atoms with Crippen LogP contribution in [0.4, 0.5) is 10.9 Å². The Balaban J connectivity index is 2.07. The number of ether oxygens (including phenoxy) is 1. The molecule has 0 bridgehead atoms. The second kappa shape index (κ2) is 7.09. The SMILES string of the molecule is COCC(NC(=O)c1sc(N2CCCC2)nc1N)C(C)C. The predicted molar refractivity (Wildman–Crippen MR) is 85.9 cm³/mol. The van der Waals surface area contributed by atoms with Gasteiger partial charge in [-0.15, -0.1) is 0 Å². The molecule has 1 atom stereocenters. The highest BCUT2D eigenvalue weighted by molar-refractivity contribution is 7.18. The molecular weight excluding hydrogens is 288 g/mol. The molecule has 2 rings (SSSR count). The maximum absolute atomic E-state index is 12.4. The Hall–Kier alpha value is -1.34. The Kier molecular flexibility index (Phi) is 5.41. The summed E-state index contributed by atoms with van der Waals surface area (Å²) in [4.78, 5) is 19.4. The van der Waals surface area contributed by atoms with Gasteiger partial charge in [0.2, 0.25) is 0 Å². The molecule has 1 aliphatic heterocycles. The molecule has 1 saturated heterocycles. The summed E-state index contributed by atoms with van der Waals surface area (Å²) in [7, 11) is 1.63. The van der Waals surface area contributed by atoms with Gasteiger partial charge in [-0.05, 0) is 18.8 Å². The molecule has 118 valence electrons. The zero-order valence-electron chi connectivity index (χ0n) is 12.9. The van der Waals surface area contributed by atoms with Crippen LogP contribution in [0.5, 0.6) is 0 Å². The van der Waals surface area contributed by atoms with E-state index in [9.17, 15) is 4.79 Å². The number of hydrogen-bond donors (Lipinski definition) is 2. The van der Waals surface area contributed by atoms with Gasteiger partial charge in [-0.25, -0.2) is 4.98 Å². The van der Waals surface area contributed by atoms with Gasteiger partial charge in [-0.1, -0.05) is 25.2 Å². The van der Waals surface area contributed by atoms with Crippen molar-refractivity contribution in [2.24, 2.45) is 5.92 Å². The average molecular weight is 312 g/mol. The molecule has 1 fully saturated rings. The van der Waals surface area contributed by atoms with Crippen LogP contribution in [0.15, 0.2) is 0 Å². The van der Waals surface area contributed by atoms with Crippen molar-refractivity contribution in [2.75, 3.05) is 37.4 Å². The van der Waals surface area contributed by atoms with E-state index >= 15 is 0 Å². The summed E-state index contributed by atoms with van der Waals surface area (Å²) in [6.45, 7) is 6.57.